The minimum Gasteiger partial charge on any atom is -0.481 e. The highest BCUT2D eigenvalue weighted by atomic mass is 32.1. The molecule has 1 aromatic carbocycles. The average molecular weight is 1560 g/mol. The van der Waals surface area contributed by atoms with Gasteiger partial charge in [-0.25, -0.2) is 0 Å². The lowest BCUT2D eigenvalue weighted by atomic mass is 9.97. The SMILES string of the molecule is CC[C@H](C)[C@H](NC(=O)CNC(=O)[C@H](CCC(N)=O)NC(=O)[C@@H]1CCCN1C(=O)CNC(=O)[C@H](CC(=O)O)NC(=O)CNC(=O)[C@H](CCCNC(=N)N)NC(=O)CNC(=O)CN)C(=O)N[C@@H](Cc1c[nH]c2ccccc12)C(=O)NCC(=O)N[C@@H](CCC(N)=O)C(=O)NCC(=O)NCC(=O)N[C@@H](CS)C(=O)NCC(N)=O. The van der Waals surface area contributed by atoms with Crippen LogP contribution in [-0.2, 0) is 102 Å². The number of thiol groups is 1. The van der Waals surface area contributed by atoms with Crippen LogP contribution < -0.4 is 114 Å². The van der Waals surface area contributed by atoms with Gasteiger partial charge in [-0.15, -0.1) is 0 Å². The number of primary amides is 3. The third kappa shape index (κ3) is 34.2. The molecule has 45 nitrogen and oxygen atoms in total. The predicted molar refractivity (Wildman–Crippen MR) is 384 cm³/mol. The van der Waals surface area contributed by atoms with Crippen LogP contribution in [0.1, 0.15) is 83.6 Å². The summed E-state index contributed by atoms with van der Waals surface area (Å²) in [6.07, 6.45) is -0.836. The highest BCUT2D eigenvalue weighted by molar-refractivity contribution is 7.80. The van der Waals surface area contributed by atoms with Crippen molar-refractivity contribution >= 4 is 148 Å². The predicted octanol–water partition coefficient (Wildman–Crippen LogP) is -12.3. The molecule has 600 valence electrons. The van der Waals surface area contributed by atoms with Gasteiger partial charge < -0.3 is 129 Å². The normalized spacial score (nSPS) is 14.3. The number of aliphatic carboxylic acids is 1. The van der Waals surface area contributed by atoms with E-state index in [0.717, 1.165) is 4.90 Å². The van der Waals surface area contributed by atoms with E-state index >= 15 is 0 Å². The lowest BCUT2D eigenvalue weighted by Gasteiger charge is -2.27. The maximum atomic E-state index is 14.4. The minimum absolute atomic E-state index is 0.0119. The molecule has 0 saturated carbocycles. The Balaban J connectivity index is 1.69. The van der Waals surface area contributed by atoms with Gasteiger partial charge in [0, 0.05) is 55.2 Å². The quantitative estimate of drug-likeness (QED) is 0.0127. The second-order valence-electron chi connectivity index (χ2n) is 24.6. The molecule has 109 heavy (non-hydrogen) atoms. The summed E-state index contributed by atoms with van der Waals surface area (Å²) in [5.41, 5.74) is 27.4. The maximum absolute atomic E-state index is 14.4. The number of hydrogen-bond donors (Lipinski definition) is 25. The van der Waals surface area contributed by atoms with Crippen LogP contribution in [0.2, 0.25) is 0 Å². The van der Waals surface area contributed by atoms with Gasteiger partial charge in [0.2, 0.25) is 112 Å². The third-order valence-electron chi connectivity index (χ3n) is 16.2. The fraction of sp³-hybridized carbons (Fsp3) is 0.540. The van der Waals surface area contributed by atoms with E-state index in [1.165, 1.54) is 0 Å². The number of amides is 19. The Labute approximate surface area is 628 Å². The number of carboxylic acids is 1. The number of aromatic amines is 1. The highest BCUT2D eigenvalue weighted by Gasteiger charge is 2.38. The number of likely N-dealkylation sites (tertiary alicyclic amines) is 1. The van der Waals surface area contributed by atoms with Gasteiger partial charge >= 0.3 is 5.97 Å². The van der Waals surface area contributed by atoms with Crippen LogP contribution in [0.15, 0.2) is 30.5 Å². The Kier molecular flexibility index (Phi) is 39.5. The van der Waals surface area contributed by atoms with Crippen molar-refractivity contribution in [1.29, 1.82) is 5.41 Å². The number of carboxylic acid groups (broad SMARTS) is 1. The first-order valence-corrected chi connectivity index (χ1v) is 34.8. The highest BCUT2D eigenvalue weighted by Crippen LogP contribution is 2.21. The summed E-state index contributed by atoms with van der Waals surface area (Å²) in [6, 6.07) is -4.77. The van der Waals surface area contributed by atoms with E-state index in [-0.39, 0.29) is 63.3 Å². The molecule has 3 rings (SSSR count). The smallest absolute Gasteiger partial charge is 0.305 e. The summed E-state index contributed by atoms with van der Waals surface area (Å²) in [5, 5.41) is 54.9. The van der Waals surface area contributed by atoms with Crippen molar-refractivity contribution in [3.63, 3.8) is 0 Å². The van der Waals surface area contributed by atoms with Crippen LogP contribution in [0.5, 0.6) is 0 Å². The number of nitrogens with one attached hydrogen (secondary N) is 18. The van der Waals surface area contributed by atoms with Crippen molar-refractivity contribution in [1.82, 2.24) is 95.0 Å². The van der Waals surface area contributed by atoms with Crippen molar-refractivity contribution in [2.75, 3.05) is 77.7 Å². The number of nitrogens with two attached hydrogens (primary N) is 5. The summed E-state index contributed by atoms with van der Waals surface area (Å²) in [6.45, 7) is -3.05. The van der Waals surface area contributed by atoms with Gasteiger partial charge in [-0.05, 0) is 56.1 Å². The number of nitrogens with zero attached hydrogens (tertiary/aromatic N) is 1. The molecule has 1 aliphatic rings. The summed E-state index contributed by atoms with van der Waals surface area (Å²) in [7, 11) is 0. The van der Waals surface area contributed by atoms with E-state index in [0.29, 0.717) is 16.5 Å². The van der Waals surface area contributed by atoms with E-state index < -0.39 is 263 Å². The summed E-state index contributed by atoms with van der Waals surface area (Å²) >= 11 is 3.98. The Morgan fingerprint density at radius 1 is 0.532 bits per heavy atom. The monoisotopic (exact) mass is 1560 g/mol. The Bertz CT molecular complexity index is 3670. The van der Waals surface area contributed by atoms with Gasteiger partial charge in [-0.3, -0.25) is 101 Å². The van der Waals surface area contributed by atoms with Crippen molar-refractivity contribution in [3.8, 4) is 0 Å². The second-order valence-corrected chi connectivity index (χ2v) is 25.0. The number of para-hydroxylation sites is 1. The van der Waals surface area contributed by atoms with Crippen LogP contribution in [0, 0.1) is 11.3 Å². The molecule has 29 N–H and O–H groups in total. The molecule has 1 saturated heterocycles. The topological polar surface area (TPSA) is 727 Å². The molecule has 9 atom stereocenters. The fourth-order valence-corrected chi connectivity index (χ4v) is 10.6. The number of aromatic nitrogens is 1. The molecule has 46 heteroatoms. The fourth-order valence-electron chi connectivity index (χ4n) is 10.3. The summed E-state index contributed by atoms with van der Waals surface area (Å²) in [5.74, 6) is -20.4. The molecule has 0 unspecified atom stereocenters. The Morgan fingerprint density at radius 3 is 1.51 bits per heavy atom. The molecule has 0 bridgehead atoms. The summed E-state index contributed by atoms with van der Waals surface area (Å²) in [4.78, 5) is 262. The van der Waals surface area contributed by atoms with E-state index in [2.05, 4.69) is 103 Å². The molecule has 1 fully saturated rings. The number of carbonyl (C=O) groups is 20. The van der Waals surface area contributed by atoms with Gasteiger partial charge in [0.1, 0.15) is 48.3 Å². The number of H-pyrrole nitrogens is 1. The number of fused-ring (bicyclic) bond motifs is 1. The van der Waals surface area contributed by atoms with E-state index in [4.69, 9.17) is 34.1 Å². The zero-order valence-corrected chi connectivity index (χ0v) is 60.6. The first kappa shape index (κ1) is 91.0. The van der Waals surface area contributed by atoms with Crippen LogP contribution in [0.25, 0.3) is 10.9 Å². The van der Waals surface area contributed by atoms with Crippen LogP contribution in [0.3, 0.4) is 0 Å². The zero-order chi connectivity index (χ0) is 81.4. The lowest BCUT2D eigenvalue weighted by Crippen LogP contribution is -2.58. The van der Waals surface area contributed by atoms with Crippen molar-refractivity contribution in [2.24, 2.45) is 34.6 Å². The molecule has 0 spiro atoms. The molecule has 2 heterocycles. The van der Waals surface area contributed by atoms with Crippen LogP contribution in [0.4, 0.5) is 0 Å². The van der Waals surface area contributed by atoms with Crippen LogP contribution >= 0.6 is 12.6 Å². The Morgan fingerprint density at radius 2 is 0.991 bits per heavy atom. The molecule has 2 aromatic rings. The van der Waals surface area contributed by atoms with Crippen molar-refractivity contribution < 1.29 is 101 Å². The third-order valence-corrected chi connectivity index (χ3v) is 16.6. The molecule has 0 radical (unpaired) electrons. The van der Waals surface area contributed by atoms with Gasteiger partial charge in [0.25, 0.3) is 0 Å². The van der Waals surface area contributed by atoms with Gasteiger partial charge in [-0.1, -0.05) is 38.5 Å². The van der Waals surface area contributed by atoms with Crippen LogP contribution in [-0.4, -0.2) is 265 Å². The van der Waals surface area contributed by atoms with Gasteiger partial charge in [0.05, 0.1) is 65.3 Å². The molecular weight excluding hydrogens is 1460 g/mol. The number of hydrogen-bond acceptors (Lipinski definition) is 23. The number of carbonyl (C=O) groups excluding carboxylic acids is 19. The molecule has 19 amide bonds. The zero-order valence-electron chi connectivity index (χ0n) is 59.7. The van der Waals surface area contributed by atoms with Gasteiger partial charge in [-0.2, -0.15) is 12.6 Å². The molecular formula is C63H96N24O21S. The van der Waals surface area contributed by atoms with Crippen molar-refractivity contribution in [3.05, 3.63) is 36.0 Å². The number of benzene rings is 1. The van der Waals surface area contributed by atoms with Crippen molar-refractivity contribution in [2.45, 2.75) is 133 Å². The molecule has 0 aliphatic carbocycles. The minimum atomic E-state index is -1.84. The number of rotatable bonds is 49. The maximum Gasteiger partial charge on any atom is 0.305 e. The number of guanidine groups is 1. The first-order valence-electron chi connectivity index (χ1n) is 34.1. The molecule has 1 aromatic heterocycles. The average Bonchev–Trinajstić information content (AvgIpc) is 1.67. The Hall–Kier alpha value is -12.3. The van der Waals surface area contributed by atoms with E-state index in [1.807, 2.05) is 0 Å². The standard InChI is InChI=1S/C63H96N24O21S/c1-3-31(2)54(62(108)85-38(18-32-21-71-34-9-5-4-8-33(32)34)58(104)78-26-49(95)81-36(12-14-42(65)88)56(102)75-23-46(92)73-25-48(94)83-40(30-109)60(106)74-22-44(67)90)86-51(97)28-77-57(103)37(13-15-43(66)89)84-61(107)41-11-7-17-87(41)52(98)29-79-59(105)39(19-53(99)100)82-50(96)27-76-55(101)35(10-6-16-70-63(68)69)80-47(93)24-72-45(91)20-64/h4-5,8-9,21,31,35-41,54,71,109H,3,6-7,10-20,22-30,64H2,1-2H3,(H2,65,88)(H2,66,89)(H2,67,90)(H,72,91)(H,73,92)(H,74,106)(H,75,102)(H,76,101)(H,77,103)(H,78,104)(H,79,105)(H,80,93)(H,81,95)(H,82,96)(H,83,94)(H,84,107)(H,85,108)(H,86,97)(H,99,100)(H4,68,69,70)/t31-,35-,36-,37-,38-,39-,40-,41-,54-/m0/s1. The summed E-state index contributed by atoms with van der Waals surface area (Å²) < 4.78 is 0. The van der Waals surface area contributed by atoms with E-state index in [9.17, 15) is 101 Å². The van der Waals surface area contributed by atoms with E-state index in [1.54, 1.807) is 44.3 Å². The van der Waals surface area contributed by atoms with Gasteiger partial charge in [0.15, 0.2) is 5.96 Å². The second kappa shape index (κ2) is 47.3. The largest absolute Gasteiger partial charge is 0.481 e. The lowest BCUT2D eigenvalue weighted by molar-refractivity contribution is -0.142. The molecule has 1 aliphatic heterocycles. The first-order chi connectivity index (χ1) is 51.5.